The van der Waals surface area contributed by atoms with Crippen LogP contribution in [0.5, 0.6) is 5.75 Å². The van der Waals surface area contributed by atoms with Crippen LogP contribution in [-0.4, -0.2) is 8.42 Å². The van der Waals surface area contributed by atoms with Crippen molar-refractivity contribution in [2.45, 2.75) is 18.0 Å². The molecule has 0 bridgehead atoms. The number of hydrogen-bond acceptors (Lipinski definition) is 4. The van der Waals surface area contributed by atoms with Gasteiger partial charge in [0.25, 0.3) is 0 Å². The third-order valence-electron chi connectivity index (χ3n) is 4.00. The molecule has 28 heavy (non-hydrogen) atoms. The van der Waals surface area contributed by atoms with Crippen LogP contribution in [0.25, 0.3) is 0 Å². The van der Waals surface area contributed by atoms with Crippen molar-refractivity contribution in [2.24, 2.45) is 5.14 Å². The van der Waals surface area contributed by atoms with Gasteiger partial charge in [-0.2, -0.15) is 0 Å². The van der Waals surface area contributed by atoms with E-state index in [2.05, 4.69) is 21.2 Å². The summed E-state index contributed by atoms with van der Waals surface area (Å²) in [5.41, 5.74) is 2.52. The van der Waals surface area contributed by atoms with Crippen molar-refractivity contribution in [3.05, 3.63) is 88.1 Å². The molecule has 0 fully saturated rings. The molecule has 146 valence electrons. The standard InChI is InChI=1S/C20H18BrFN2O3S/c21-16-3-10-20(27-13-14-1-4-17(22)5-2-14)15(11-16)12-24-18-6-8-19(9-7-18)28(23,25)26/h1-11,24H,12-13H2,(H2,23,25,26). The van der Waals surface area contributed by atoms with Crippen LogP contribution in [0.1, 0.15) is 11.1 Å². The lowest BCUT2D eigenvalue weighted by Crippen LogP contribution is -2.12. The summed E-state index contributed by atoms with van der Waals surface area (Å²) in [5.74, 6) is 0.409. The van der Waals surface area contributed by atoms with Gasteiger partial charge < -0.3 is 10.1 Å². The van der Waals surface area contributed by atoms with Crippen LogP contribution in [0.15, 0.2) is 76.1 Å². The normalized spacial score (nSPS) is 11.2. The molecule has 3 rings (SSSR count). The highest BCUT2D eigenvalue weighted by Crippen LogP contribution is 2.25. The maximum atomic E-state index is 13.0. The first kappa shape index (κ1) is 20.3. The van der Waals surface area contributed by atoms with Gasteiger partial charge in [-0.25, -0.2) is 17.9 Å². The van der Waals surface area contributed by atoms with Crippen molar-refractivity contribution >= 4 is 31.6 Å². The highest BCUT2D eigenvalue weighted by Gasteiger charge is 2.08. The number of benzene rings is 3. The fourth-order valence-corrected chi connectivity index (χ4v) is 3.45. The Bertz CT molecular complexity index is 1060. The van der Waals surface area contributed by atoms with Crippen LogP contribution < -0.4 is 15.2 Å². The molecular formula is C20H18BrFN2O3S. The quantitative estimate of drug-likeness (QED) is 0.541. The molecule has 5 nitrogen and oxygen atoms in total. The summed E-state index contributed by atoms with van der Waals surface area (Å²) in [6, 6.07) is 18.0. The van der Waals surface area contributed by atoms with Crippen LogP contribution >= 0.6 is 15.9 Å². The van der Waals surface area contributed by atoms with Crippen molar-refractivity contribution in [1.82, 2.24) is 0 Å². The first-order valence-corrected chi connectivity index (χ1v) is 10.7. The number of ether oxygens (including phenoxy) is 1. The maximum Gasteiger partial charge on any atom is 0.238 e. The zero-order valence-corrected chi connectivity index (χ0v) is 17.1. The summed E-state index contributed by atoms with van der Waals surface area (Å²) in [4.78, 5) is 0.0591. The predicted octanol–water partition coefficient (Wildman–Crippen LogP) is 4.43. The second-order valence-electron chi connectivity index (χ2n) is 6.09. The lowest BCUT2D eigenvalue weighted by atomic mass is 10.2. The molecule has 0 unspecified atom stereocenters. The molecule has 0 aromatic heterocycles. The lowest BCUT2D eigenvalue weighted by Gasteiger charge is -2.14. The molecule has 3 aromatic carbocycles. The Morgan fingerprint density at radius 3 is 2.32 bits per heavy atom. The van der Waals surface area contributed by atoms with Gasteiger partial charge in [-0.3, -0.25) is 0 Å². The second-order valence-corrected chi connectivity index (χ2v) is 8.57. The molecular weight excluding hydrogens is 447 g/mol. The lowest BCUT2D eigenvalue weighted by molar-refractivity contribution is 0.303. The summed E-state index contributed by atoms with van der Waals surface area (Å²) in [6.07, 6.45) is 0. The fraction of sp³-hybridized carbons (Fsp3) is 0.100. The number of rotatable bonds is 7. The number of hydrogen-bond donors (Lipinski definition) is 2. The Hall–Kier alpha value is -2.42. The summed E-state index contributed by atoms with van der Waals surface area (Å²) < 4.78 is 42.5. The van der Waals surface area contributed by atoms with E-state index in [-0.39, 0.29) is 10.7 Å². The van der Waals surface area contributed by atoms with Crippen LogP contribution in [-0.2, 0) is 23.2 Å². The van der Waals surface area contributed by atoms with Crippen molar-refractivity contribution in [3.8, 4) is 5.75 Å². The van der Waals surface area contributed by atoms with E-state index in [0.29, 0.717) is 18.9 Å². The molecule has 0 radical (unpaired) electrons. The van der Waals surface area contributed by atoms with E-state index in [4.69, 9.17) is 9.88 Å². The Morgan fingerprint density at radius 1 is 1.00 bits per heavy atom. The van der Waals surface area contributed by atoms with Gasteiger partial charge in [0.05, 0.1) is 4.90 Å². The van der Waals surface area contributed by atoms with E-state index in [0.717, 1.165) is 21.3 Å². The Balaban J connectivity index is 1.69. The Morgan fingerprint density at radius 2 is 1.68 bits per heavy atom. The summed E-state index contributed by atoms with van der Waals surface area (Å²) >= 11 is 3.45. The molecule has 0 saturated heterocycles. The zero-order chi connectivity index (χ0) is 20.1. The van der Waals surface area contributed by atoms with E-state index < -0.39 is 10.0 Å². The molecule has 3 aromatic rings. The summed E-state index contributed by atoms with van der Waals surface area (Å²) in [6.45, 7) is 0.783. The van der Waals surface area contributed by atoms with Gasteiger partial charge in [-0.15, -0.1) is 0 Å². The number of sulfonamides is 1. The van der Waals surface area contributed by atoms with Gasteiger partial charge in [0, 0.05) is 22.3 Å². The molecule has 0 amide bonds. The summed E-state index contributed by atoms with van der Waals surface area (Å²) in [7, 11) is -3.71. The SMILES string of the molecule is NS(=O)(=O)c1ccc(NCc2cc(Br)ccc2OCc2ccc(F)cc2)cc1. The van der Waals surface area contributed by atoms with Gasteiger partial charge >= 0.3 is 0 Å². The second kappa shape index (κ2) is 8.72. The number of nitrogens with two attached hydrogens (primary N) is 1. The largest absolute Gasteiger partial charge is 0.489 e. The maximum absolute atomic E-state index is 13.0. The minimum atomic E-state index is -3.71. The molecule has 0 aliphatic carbocycles. The minimum Gasteiger partial charge on any atom is -0.489 e. The van der Waals surface area contributed by atoms with Crippen molar-refractivity contribution in [3.63, 3.8) is 0 Å². The van der Waals surface area contributed by atoms with Crippen molar-refractivity contribution in [2.75, 3.05) is 5.32 Å². The molecule has 3 N–H and O–H groups in total. The zero-order valence-electron chi connectivity index (χ0n) is 14.7. The van der Waals surface area contributed by atoms with E-state index >= 15 is 0 Å². The number of halogens is 2. The molecule has 0 atom stereocenters. The summed E-state index contributed by atoms with van der Waals surface area (Å²) in [5, 5.41) is 8.33. The number of primary sulfonamides is 1. The first-order chi connectivity index (χ1) is 13.3. The Kier molecular flexibility index (Phi) is 6.33. The van der Waals surface area contributed by atoms with Gasteiger partial charge in [-0.05, 0) is 60.2 Å². The van der Waals surface area contributed by atoms with Crippen molar-refractivity contribution < 1.29 is 17.5 Å². The average Bonchev–Trinajstić information content (AvgIpc) is 2.66. The fourth-order valence-electron chi connectivity index (χ4n) is 2.53. The van der Waals surface area contributed by atoms with E-state index in [1.54, 1.807) is 24.3 Å². The van der Waals surface area contributed by atoms with Crippen LogP contribution in [0.2, 0.25) is 0 Å². The number of anilines is 1. The van der Waals surface area contributed by atoms with E-state index in [1.165, 1.54) is 24.3 Å². The monoisotopic (exact) mass is 464 g/mol. The molecule has 8 heteroatoms. The van der Waals surface area contributed by atoms with Crippen LogP contribution in [0.4, 0.5) is 10.1 Å². The predicted molar refractivity (Wildman–Crippen MR) is 110 cm³/mol. The van der Waals surface area contributed by atoms with Gasteiger partial charge in [-0.1, -0.05) is 28.1 Å². The number of nitrogens with one attached hydrogen (secondary N) is 1. The highest BCUT2D eigenvalue weighted by molar-refractivity contribution is 9.10. The van der Waals surface area contributed by atoms with Gasteiger partial charge in [0.1, 0.15) is 18.2 Å². The first-order valence-electron chi connectivity index (χ1n) is 8.34. The molecule has 0 heterocycles. The van der Waals surface area contributed by atoms with E-state index in [9.17, 15) is 12.8 Å². The van der Waals surface area contributed by atoms with Crippen LogP contribution in [0, 0.1) is 5.82 Å². The Labute approximate surface area is 171 Å². The van der Waals surface area contributed by atoms with Crippen LogP contribution in [0.3, 0.4) is 0 Å². The third kappa shape index (κ3) is 5.54. The molecule has 0 spiro atoms. The third-order valence-corrected chi connectivity index (χ3v) is 5.42. The average molecular weight is 465 g/mol. The van der Waals surface area contributed by atoms with Gasteiger partial charge in [0.2, 0.25) is 10.0 Å². The molecule has 0 aliphatic rings. The molecule has 0 aliphatic heterocycles. The smallest absolute Gasteiger partial charge is 0.238 e. The minimum absolute atomic E-state index is 0.0591. The van der Waals surface area contributed by atoms with E-state index in [1.807, 2.05) is 18.2 Å². The topological polar surface area (TPSA) is 81.4 Å². The van der Waals surface area contributed by atoms with Gasteiger partial charge in [0.15, 0.2) is 0 Å². The highest BCUT2D eigenvalue weighted by atomic mass is 79.9. The molecule has 0 saturated carbocycles. The van der Waals surface area contributed by atoms with Crippen molar-refractivity contribution in [1.29, 1.82) is 0 Å².